The maximum atomic E-state index is 14.1. The number of piperidine rings is 1. The van der Waals surface area contributed by atoms with Crippen molar-refractivity contribution in [2.24, 2.45) is 0 Å². The number of para-hydroxylation sites is 1. The molecular formula is C22H27FN2O3S. The number of methoxy groups -OCH3 is 1. The highest BCUT2D eigenvalue weighted by molar-refractivity contribution is 7.09. The Labute approximate surface area is 175 Å². The molecule has 1 aromatic heterocycles. The fourth-order valence-electron chi connectivity index (χ4n) is 3.92. The van der Waals surface area contributed by atoms with Gasteiger partial charge in [0, 0.05) is 30.2 Å². The molecule has 0 bridgehead atoms. The van der Waals surface area contributed by atoms with Crippen molar-refractivity contribution in [1.29, 1.82) is 0 Å². The number of alkyl halides is 1. The van der Waals surface area contributed by atoms with Crippen LogP contribution in [0.1, 0.15) is 24.6 Å². The van der Waals surface area contributed by atoms with Gasteiger partial charge < -0.3 is 9.64 Å². The maximum Gasteiger partial charge on any atom is 0.332 e. The Bertz CT molecular complexity index is 803. The number of amides is 1. The minimum atomic E-state index is -1.71. The first-order valence-corrected chi connectivity index (χ1v) is 10.7. The van der Waals surface area contributed by atoms with Gasteiger partial charge in [-0.1, -0.05) is 24.3 Å². The summed E-state index contributed by atoms with van der Waals surface area (Å²) in [5.74, 6) is -1.21. The Morgan fingerprint density at radius 1 is 1.21 bits per heavy atom. The van der Waals surface area contributed by atoms with E-state index in [2.05, 4.69) is 16.3 Å². The molecule has 29 heavy (non-hydrogen) atoms. The van der Waals surface area contributed by atoms with Crippen LogP contribution in [-0.2, 0) is 20.7 Å². The Morgan fingerprint density at radius 3 is 2.45 bits per heavy atom. The van der Waals surface area contributed by atoms with Crippen LogP contribution in [0.2, 0.25) is 0 Å². The lowest BCUT2D eigenvalue weighted by Crippen LogP contribution is -2.64. The number of carbonyl (C=O) groups excluding carboxylic acids is 2. The predicted molar refractivity (Wildman–Crippen MR) is 113 cm³/mol. The van der Waals surface area contributed by atoms with Crippen molar-refractivity contribution in [1.82, 2.24) is 4.90 Å². The summed E-state index contributed by atoms with van der Waals surface area (Å²) in [6.45, 7) is 3.37. The first kappa shape index (κ1) is 21.5. The van der Waals surface area contributed by atoms with E-state index >= 15 is 0 Å². The molecular weight excluding hydrogens is 390 g/mol. The molecule has 1 fully saturated rings. The molecule has 0 spiro atoms. The van der Waals surface area contributed by atoms with E-state index < -0.39 is 23.6 Å². The third-order valence-electron chi connectivity index (χ3n) is 5.51. The average molecular weight is 418 g/mol. The number of anilines is 1. The van der Waals surface area contributed by atoms with Crippen molar-refractivity contribution in [2.45, 2.75) is 37.9 Å². The van der Waals surface area contributed by atoms with Gasteiger partial charge in [-0.25, -0.2) is 9.18 Å². The van der Waals surface area contributed by atoms with E-state index in [0.29, 0.717) is 31.6 Å². The van der Waals surface area contributed by atoms with Gasteiger partial charge in [0.1, 0.15) is 5.54 Å². The molecule has 1 unspecified atom stereocenters. The number of ether oxygens (including phenoxy) is 1. The van der Waals surface area contributed by atoms with E-state index in [1.54, 1.807) is 35.6 Å². The summed E-state index contributed by atoms with van der Waals surface area (Å²) in [5, 5.41) is 2.06. The molecule has 1 aliphatic rings. The number of hydrogen-bond acceptors (Lipinski definition) is 5. The highest BCUT2D eigenvalue weighted by atomic mass is 32.1. The zero-order valence-corrected chi connectivity index (χ0v) is 17.7. The van der Waals surface area contributed by atoms with E-state index in [-0.39, 0.29) is 0 Å². The standard InChI is InChI=1S/C22H27FN2O3S/c1-17(23)20(26)25(18-7-4-3-5-8-18)22(21(27)28-2)11-14-24(15-12-22)13-10-19-9-6-16-29-19/h3-9,16-17H,10-15H2,1-2H3/i23-1. The molecule has 1 aromatic carbocycles. The quantitative estimate of drug-likeness (QED) is 0.645. The lowest BCUT2D eigenvalue weighted by Gasteiger charge is -2.46. The van der Waals surface area contributed by atoms with Crippen LogP contribution in [0.5, 0.6) is 0 Å². The third-order valence-corrected chi connectivity index (χ3v) is 6.44. The molecule has 0 radical (unpaired) electrons. The van der Waals surface area contributed by atoms with E-state index in [1.807, 2.05) is 12.1 Å². The van der Waals surface area contributed by atoms with E-state index in [0.717, 1.165) is 13.0 Å². The highest BCUT2D eigenvalue weighted by Crippen LogP contribution is 2.35. The second-order valence-electron chi connectivity index (χ2n) is 7.32. The first-order valence-electron chi connectivity index (χ1n) is 9.84. The molecule has 1 saturated heterocycles. The molecule has 1 aliphatic heterocycles. The van der Waals surface area contributed by atoms with E-state index in [1.165, 1.54) is 23.8 Å². The van der Waals surface area contributed by atoms with Crippen molar-refractivity contribution in [3.63, 3.8) is 0 Å². The van der Waals surface area contributed by atoms with Crippen molar-refractivity contribution < 1.29 is 18.7 Å². The first-order chi connectivity index (χ1) is 14.0. The van der Waals surface area contributed by atoms with Crippen LogP contribution in [0.15, 0.2) is 47.8 Å². The summed E-state index contributed by atoms with van der Waals surface area (Å²) in [5.41, 5.74) is -0.688. The summed E-state index contributed by atoms with van der Waals surface area (Å²) in [4.78, 5) is 30.7. The molecule has 1 atom stereocenters. The normalized spacial score (nSPS) is 17.5. The number of nitrogens with zero attached hydrogens (tertiary/aromatic N) is 2. The Balaban J connectivity index is 1.84. The zero-order valence-electron chi connectivity index (χ0n) is 16.8. The smallest absolute Gasteiger partial charge is 0.332 e. The summed E-state index contributed by atoms with van der Waals surface area (Å²) < 4.78 is 19.2. The summed E-state index contributed by atoms with van der Waals surface area (Å²) in [6.07, 6.45) is 0.0364. The molecule has 0 saturated carbocycles. The van der Waals surface area contributed by atoms with Gasteiger partial charge in [0.05, 0.1) is 7.11 Å². The van der Waals surface area contributed by atoms with Gasteiger partial charge in [-0.3, -0.25) is 9.69 Å². The second-order valence-corrected chi connectivity index (χ2v) is 8.35. The molecule has 156 valence electrons. The fourth-order valence-corrected chi connectivity index (χ4v) is 4.62. The van der Waals surface area contributed by atoms with Gasteiger partial charge in [0.15, 0.2) is 6.17 Å². The summed E-state index contributed by atoms with van der Waals surface area (Å²) in [7, 11) is 1.32. The fraction of sp³-hybridized carbons (Fsp3) is 0.455. The lowest BCUT2D eigenvalue weighted by atomic mass is 9.84. The zero-order chi connectivity index (χ0) is 20.9. The van der Waals surface area contributed by atoms with Crippen molar-refractivity contribution in [3.8, 4) is 0 Å². The van der Waals surface area contributed by atoms with Crippen LogP contribution in [-0.4, -0.2) is 55.2 Å². The SMILES string of the molecule is COC(=O)C1(N(C(=O)C(C)[18F])c2ccccc2)CCN(CCc2cccs2)CC1. The largest absolute Gasteiger partial charge is 0.467 e. The minimum absolute atomic E-state index is 0.400. The predicted octanol–water partition coefficient (Wildman–Crippen LogP) is 3.69. The van der Waals surface area contributed by atoms with Gasteiger partial charge in [0.2, 0.25) is 0 Å². The van der Waals surface area contributed by atoms with Gasteiger partial charge in [-0.15, -0.1) is 11.3 Å². The van der Waals surface area contributed by atoms with Crippen molar-refractivity contribution in [3.05, 3.63) is 52.7 Å². The van der Waals surface area contributed by atoms with E-state index in [4.69, 9.17) is 4.74 Å². The van der Waals surface area contributed by atoms with Crippen LogP contribution >= 0.6 is 11.3 Å². The number of benzene rings is 1. The van der Waals surface area contributed by atoms with Crippen LogP contribution in [0.4, 0.5) is 10.1 Å². The molecule has 0 N–H and O–H groups in total. The molecule has 0 aliphatic carbocycles. The maximum absolute atomic E-state index is 14.1. The van der Waals surface area contributed by atoms with Crippen LogP contribution in [0.25, 0.3) is 0 Å². The summed E-state index contributed by atoms with van der Waals surface area (Å²) in [6, 6.07) is 13.0. The molecule has 2 aromatic rings. The second kappa shape index (κ2) is 9.50. The number of esters is 1. The number of thiophene rings is 1. The monoisotopic (exact) mass is 417 g/mol. The Kier molecular flexibility index (Phi) is 7.03. The van der Waals surface area contributed by atoms with Gasteiger partial charge >= 0.3 is 5.97 Å². The number of hydrogen-bond donors (Lipinski definition) is 0. The Hall–Kier alpha value is -2.25. The molecule has 1 amide bonds. The van der Waals surface area contributed by atoms with Crippen molar-refractivity contribution >= 4 is 28.9 Å². The molecule has 5 nitrogen and oxygen atoms in total. The lowest BCUT2D eigenvalue weighted by molar-refractivity contribution is -0.151. The molecule has 2 heterocycles. The van der Waals surface area contributed by atoms with Gasteiger partial charge in [0.25, 0.3) is 5.91 Å². The Morgan fingerprint density at radius 2 is 1.90 bits per heavy atom. The van der Waals surface area contributed by atoms with Crippen LogP contribution in [0.3, 0.4) is 0 Å². The van der Waals surface area contributed by atoms with Crippen molar-refractivity contribution in [2.75, 3.05) is 31.6 Å². The molecule has 7 heteroatoms. The number of halogens is 1. The topological polar surface area (TPSA) is 49.9 Å². The number of rotatable bonds is 7. The molecule has 3 rings (SSSR count). The highest BCUT2D eigenvalue weighted by Gasteiger charge is 2.50. The minimum Gasteiger partial charge on any atom is -0.467 e. The number of carbonyl (C=O) groups is 2. The number of likely N-dealkylation sites (tertiary alicyclic amines) is 1. The average Bonchev–Trinajstić information content (AvgIpc) is 3.27. The van der Waals surface area contributed by atoms with Gasteiger partial charge in [-0.2, -0.15) is 0 Å². The van der Waals surface area contributed by atoms with Gasteiger partial charge in [-0.05, 0) is 49.8 Å². The van der Waals surface area contributed by atoms with Crippen LogP contribution < -0.4 is 4.90 Å². The summed E-state index contributed by atoms with van der Waals surface area (Å²) >= 11 is 1.73. The third kappa shape index (κ3) is 4.67. The van der Waals surface area contributed by atoms with Crippen LogP contribution in [0, 0.1) is 0 Å². The van der Waals surface area contributed by atoms with E-state index in [9.17, 15) is 14.0 Å².